The highest BCUT2D eigenvalue weighted by Crippen LogP contribution is 2.26. The van der Waals surface area contributed by atoms with Crippen molar-refractivity contribution >= 4 is 0 Å². The van der Waals surface area contributed by atoms with Crippen LogP contribution in [0.5, 0.6) is 5.75 Å². The number of aromatic nitrogens is 1. The number of ether oxygens (including phenoxy) is 1. The fourth-order valence-electron chi connectivity index (χ4n) is 1.75. The number of hydrogen-bond donors (Lipinski definition) is 1. The van der Waals surface area contributed by atoms with E-state index < -0.39 is 0 Å². The Bertz CT molecular complexity index is 325. The third kappa shape index (κ3) is 3.35. The van der Waals surface area contributed by atoms with Crippen LogP contribution in [0.15, 0.2) is 31.1 Å². The first-order valence-electron chi connectivity index (χ1n) is 5.65. The lowest BCUT2D eigenvalue weighted by Crippen LogP contribution is -2.21. The number of pyridine rings is 1. The Morgan fingerprint density at radius 2 is 2.44 bits per heavy atom. The first-order valence-corrected chi connectivity index (χ1v) is 5.65. The van der Waals surface area contributed by atoms with Crippen LogP contribution in [0, 0.1) is 0 Å². The molecule has 1 aromatic rings. The summed E-state index contributed by atoms with van der Waals surface area (Å²) in [5.41, 5.74) is 1.17. The lowest BCUT2D eigenvalue weighted by Gasteiger charge is -2.19. The molecule has 0 spiro atoms. The Labute approximate surface area is 97.5 Å². The predicted octanol–water partition coefficient (Wildman–Crippen LogP) is 2.71. The van der Waals surface area contributed by atoms with Crippen molar-refractivity contribution in [2.45, 2.75) is 25.8 Å². The molecule has 1 unspecified atom stereocenters. The summed E-state index contributed by atoms with van der Waals surface area (Å²) in [5.74, 6) is 0.845. The summed E-state index contributed by atoms with van der Waals surface area (Å²) in [5, 5.41) is 3.45. The molecule has 1 rings (SSSR count). The lowest BCUT2D eigenvalue weighted by molar-refractivity contribution is 0.394. The SMILES string of the molecule is C=CCCC(NCC)c1ccncc1OC. The maximum Gasteiger partial charge on any atom is 0.141 e. The first-order chi connectivity index (χ1) is 7.83. The van der Waals surface area contributed by atoms with Crippen molar-refractivity contribution in [2.24, 2.45) is 0 Å². The largest absolute Gasteiger partial charge is 0.495 e. The fraction of sp³-hybridized carbons (Fsp3) is 0.462. The van der Waals surface area contributed by atoms with Gasteiger partial charge in [-0.1, -0.05) is 13.0 Å². The molecule has 0 bridgehead atoms. The molecule has 0 aliphatic rings. The summed E-state index contributed by atoms with van der Waals surface area (Å²) in [4.78, 5) is 4.07. The lowest BCUT2D eigenvalue weighted by atomic mass is 10.0. The van der Waals surface area contributed by atoms with E-state index in [2.05, 4.69) is 23.8 Å². The molecule has 1 aromatic heterocycles. The average Bonchev–Trinajstić information content (AvgIpc) is 2.34. The monoisotopic (exact) mass is 220 g/mol. The van der Waals surface area contributed by atoms with Gasteiger partial charge in [-0.15, -0.1) is 6.58 Å². The van der Waals surface area contributed by atoms with Gasteiger partial charge in [0.25, 0.3) is 0 Å². The van der Waals surface area contributed by atoms with E-state index in [-0.39, 0.29) is 0 Å². The molecule has 0 aliphatic carbocycles. The van der Waals surface area contributed by atoms with Gasteiger partial charge in [-0.25, -0.2) is 0 Å². The van der Waals surface area contributed by atoms with Crippen molar-refractivity contribution < 1.29 is 4.74 Å². The standard InChI is InChI=1S/C13H20N2O/c1-4-6-7-12(15-5-2)11-8-9-14-10-13(11)16-3/h4,8-10,12,15H,1,5-7H2,2-3H3. The summed E-state index contributed by atoms with van der Waals surface area (Å²) >= 11 is 0. The highest BCUT2D eigenvalue weighted by atomic mass is 16.5. The summed E-state index contributed by atoms with van der Waals surface area (Å²) in [6.45, 7) is 6.80. The molecular weight excluding hydrogens is 200 g/mol. The van der Waals surface area contributed by atoms with Crippen LogP contribution >= 0.6 is 0 Å². The molecule has 1 N–H and O–H groups in total. The highest BCUT2D eigenvalue weighted by Gasteiger charge is 2.13. The van der Waals surface area contributed by atoms with E-state index in [1.807, 2.05) is 12.1 Å². The predicted molar refractivity (Wildman–Crippen MR) is 66.6 cm³/mol. The van der Waals surface area contributed by atoms with E-state index in [4.69, 9.17) is 4.74 Å². The van der Waals surface area contributed by atoms with Crippen LogP contribution in [0.4, 0.5) is 0 Å². The highest BCUT2D eigenvalue weighted by molar-refractivity contribution is 5.32. The fourth-order valence-corrected chi connectivity index (χ4v) is 1.75. The second kappa shape index (κ2) is 7.01. The molecule has 0 saturated heterocycles. The Morgan fingerprint density at radius 3 is 3.06 bits per heavy atom. The molecule has 0 radical (unpaired) electrons. The van der Waals surface area contributed by atoms with E-state index >= 15 is 0 Å². The molecule has 0 amide bonds. The van der Waals surface area contributed by atoms with Gasteiger partial charge in [0.1, 0.15) is 5.75 Å². The minimum Gasteiger partial charge on any atom is -0.495 e. The molecule has 88 valence electrons. The number of hydrogen-bond acceptors (Lipinski definition) is 3. The van der Waals surface area contributed by atoms with Gasteiger partial charge in [-0.05, 0) is 25.5 Å². The van der Waals surface area contributed by atoms with Gasteiger partial charge in [-0.3, -0.25) is 4.98 Å². The van der Waals surface area contributed by atoms with Crippen molar-refractivity contribution in [3.05, 3.63) is 36.7 Å². The van der Waals surface area contributed by atoms with Crippen LogP contribution in [-0.4, -0.2) is 18.6 Å². The molecule has 0 saturated carbocycles. The number of allylic oxidation sites excluding steroid dienone is 1. The third-order valence-corrected chi connectivity index (χ3v) is 2.52. The maximum atomic E-state index is 5.32. The molecule has 0 aromatic carbocycles. The molecule has 0 fully saturated rings. The van der Waals surface area contributed by atoms with Crippen molar-refractivity contribution in [1.29, 1.82) is 0 Å². The third-order valence-electron chi connectivity index (χ3n) is 2.52. The quantitative estimate of drug-likeness (QED) is 0.717. The summed E-state index contributed by atoms with van der Waals surface area (Å²) in [7, 11) is 1.68. The molecule has 1 heterocycles. The zero-order valence-corrected chi connectivity index (χ0v) is 10.1. The Hall–Kier alpha value is -1.35. The number of methoxy groups -OCH3 is 1. The summed E-state index contributed by atoms with van der Waals surface area (Å²) in [6, 6.07) is 2.32. The van der Waals surface area contributed by atoms with Gasteiger partial charge < -0.3 is 10.1 Å². The maximum absolute atomic E-state index is 5.32. The van der Waals surface area contributed by atoms with E-state index in [0.29, 0.717) is 6.04 Å². The van der Waals surface area contributed by atoms with Crippen molar-refractivity contribution in [1.82, 2.24) is 10.3 Å². The molecule has 3 nitrogen and oxygen atoms in total. The molecule has 0 aliphatic heterocycles. The van der Waals surface area contributed by atoms with Crippen LogP contribution in [0.1, 0.15) is 31.4 Å². The zero-order chi connectivity index (χ0) is 11.8. The van der Waals surface area contributed by atoms with Gasteiger partial charge in [-0.2, -0.15) is 0 Å². The van der Waals surface area contributed by atoms with Gasteiger partial charge in [0.15, 0.2) is 0 Å². The van der Waals surface area contributed by atoms with Crippen LogP contribution in [-0.2, 0) is 0 Å². The average molecular weight is 220 g/mol. The Balaban J connectivity index is 2.85. The minimum absolute atomic E-state index is 0.306. The number of nitrogens with one attached hydrogen (secondary N) is 1. The van der Waals surface area contributed by atoms with Gasteiger partial charge in [0.2, 0.25) is 0 Å². The van der Waals surface area contributed by atoms with Crippen molar-refractivity contribution in [2.75, 3.05) is 13.7 Å². The number of rotatable bonds is 7. The van der Waals surface area contributed by atoms with Crippen molar-refractivity contribution in [3.8, 4) is 5.75 Å². The molecular formula is C13H20N2O. The van der Waals surface area contributed by atoms with Crippen molar-refractivity contribution in [3.63, 3.8) is 0 Å². The van der Waals surface area contributed by atoms with Crippen LogP contribution in [0.2, 0.25) is 0 Å². The smallest absolute Gasteiger partial charge is 0.141 e. The van der Waals surface area contributed by atoms with Gasteiger partial charge >= 0.3 is 0 Å². The Morgan fingerprint density at radius 1 is 1.62 bits per heavy atom. The van der Waals surface area contributed by atoms with E-state index in [1.54, 1.807) is 19.5 Å². The molecule has 16 heavy (non-hydrogen) atoms. The van der Waals surface area contributed by atoms with Gasteiger partial charge in [0, 0.05) is 17.8 Å². The number of nitrogens with zero attached hydrogens (tertiary/aromatic N) is 1. The van der Waals surface area contributed by atoms with E-state index in [0.717, 1.165) is 25.1 Å². The minimum atomic E-state index is 0.306. The summed E-state index contributed by atoms with van der Waals surface area (Å²) in [6.07, 6.45) is 7.52. The first kappa shape index (κ1) is 12.7. The van der Waals surface area contributed by atoms with E-state index in [1.165, 1.54) is 5.56 Å². The van der Waals surface area contributed by atoms with Gasteiger partial charge in [0.05, 0.1) is 13.3 Å². The Kier molecular flexibility index (Phi) is 5.57. The zero-order valence-electron chi connectivity index (χ0n) is 10.1. The second-order valence-electron chi connectivity index (χ2n) is 3.59. The normalized spacial score (nSPS) is 12.1. The van der Waals surface area contributed by atoms with Crippen LogP contribution in [0.3, 0.4) is 0 Å². The second-order valence-corrected chi connectivity index (χ2v) is 3.59. The van der Waals surface area contributed by atoms with Crippen LogP contribution in [0.25, 0.3) is 0 Å². The molecule has 1 atom stereocenters. The molecule has 3 heteroatoms. The summed E-state index contributed by atoms with van der Waals surface area (Å²) < 4.78 is 5.32. The van der Waals surface area contributed by atoms with Crippen LogP contribution < -0.4 is 10.1 Å². The van der Waals surface area contributed by atoms with E-state index in [9.17, 15) is 0 Å². The topological polar surface area (TPSA) is 34.2 Å².